The van der Waals surface area contributed by atoms with Crippen LogP contribution in [0.4, 0.5) is 0 Å². The molecule has 3 aromatic rings. The van der Waals surface area contributed by atoms with E-state index in [1.807, 2.05) is 48.5 Å². The van der Waals surface area contributed by atoms with Crippen molar-refractivity contribution < 1.29 is 9.53 Å². The van der Waals surface area contributed by atoms with E-state index in [1.54, 1.807) is 17.6 Å². The van der Waals surface area contributed by atoms with Gasteiger partial charge >= 0.3 is 0 Å². The number of aryl methyl sites for hydroxylation is 1. The third kappa shape index (κ3) is 4.20. The Morgan fingerprint density at radius 3 is 2.79 bits per heavy atom. The topological polar surface area (TPSA) is 50.7 Å². The smallest absolute Gasteiger partial charge is 0.277 e. The third-order valence-electron chi connectivity index (χ3n) is 3.50. The Morgan fingerprint density at radius 2 is 2.00 bits per heavy atom. The molecule has 1 amide bonds. The van der Waals surface area contributed by atoms with E-state index in [0.717, 1.165) is 22.1 Å². The number of carbonyl (C=O) groups excluding carboxylic acids is 1. The summed E-state index contributed by atoms with van der Waals surface area (Å²) in [6, 6.07) is 17.8. The van der Waals surface area contributed by atoms with E-state index < -0.39 is 0 Å². The van der Waals surface area contributed by atoms with Crippen LogP contribution in [0.3, 0.4) is 0 Å². The average Bonchev–Trinajstić information content (AvgIpc) is 3.08. The number of fused-ring (bicyclic) bond motifs is 1. The molecule has 0 saturated carbocycles. The van der Waals surface area contributed by atoms with Crippen molar-refractivity contribution in [3.05, 3.63) is 64.4 Å². The number of hydrazone groups is 1. The molecule has 0 fully saturated rings. The molecule has 0 atom stereocenters. The maximum Gasteiger partial charge on any atom is 0.277 e. The molecule has 0 radical (unpaired) electrons. The molecule has 0 bridgehead atoms. The van der Waals surface area contributed by atoms with Crippen LogP contribution >= 0.6 is 11.3 Å². The molecule has 0 aliphatic carbocycles. The number of hydrogen-bond acceptors (Lipinski definition) is 4. The van der Waals surface area contributed by atoms with Gasteiger partial charge in [-0.25, -0.2) is 5.43 Å². The van der Waals surface area contributed by atoms with Gasteiger partial charge in [-0.1, -0.05) is 37.3 Å². The molecular formula is C19H18N2O2S. The second kappa shape index (κ2) is 7.75. The lowest BCUT2D eigenvalue weighted by molar-refractivity contribution is -0.123. The quantitative estimate of drug-likeness (QED) is 0.546. The van der Waals surface area contributed by atoms with Crippen LogP contribution < -0.4 is 10.2 Å². The lowest BCUT2D eigenvalue weighted by Gasteiger charge is -2.06. The van der Waals surface area contributed by atoms with Crippen molar-refractivity contribution >= 4 is 34.2 Å². The highest BCUT2D eigenvalue weighted by molar-refractivity contribution is 7.13. The number of thiophene rings is 1. The van der Waals surface area contributed by atoms with Crippen LogP contribution in [0.15, 0.2) is 59.7 Å². The van der Waals surface area contributed by atoms with Gasteiger partial charge in [0, 0.05) is 9.75 Å². The highest BCUT2D eigenvalue weighted by Crippen LogP contribution is 2.20. The maximum atomic E-state index is 11.8. The molecule has 0 saturated heterocycles. The molecule has 1 N–H and O–H groups in total. The predicted molar refractivity (Wildman–Crippen MR) is 98.9 cm³/mol. The second-order valence-electron chi connectivity index (χ2n) is 5.25. The van der Waals surface area contributed by atoms with E-state index in [1.165, 1.54) is 4.88 Å². The standard InChI is InChI=1S/C19H18N2O2S/c1-2-17-9-10-18(24-17)12-20-21-19(22)13-23-16-8-7-14-5-3-4-6-15(14)11-16/h3-12H,2,13H2,1H3,(H,21,22)/b20-12+. The first-order valence-corrected chi connectivity index (χ1v) is 8.58. The van der Waals surface area contributed by atoms with Gasteiger partial charge in [-0.05, 0) is 41.5 Å². The van der Waals surface area contributed by atoms with E-state index in [2.05, 4.69) is 23.5 Å². The minimum Gasteiger partial charge on any atom is -0.484 e. The van der Waals surface area contributed by atoms with Gasteiger partial charge in [-0.3, -0.25) is 4.79 Å². The summed E-state index contributed by atoms with van der Waals surface area (Å²) in [4.78, 5) is 14.1. The SMILES string of the molecule is CCc1ccc(/C=N/NC(=O)COc2ccc3ccccc3c2)s1. The highest BCUT2D eigenvalue weighted by atomic mass is 32.1. The molecule has 4 nitrogen and oxygen atoms in total. The summed E-state index contributed by atoms with van der Waals surface area (Å²) >= 11 is 1.66. The Labute approximate surface area is 144 Å². The molecule has 0 aliphatic rings. The van der Waals surface area contributed by atoms with Crippen molar-refractivity contribution in [2.75, 3.05) is 6.61 Å². The lowest BCUT2D eigenvalue weighted by atomic mass is 10.1. The van der Waals surface area contributed by atoms with Crippen LogP contribution in [-0.4, -0.2) is 18.7 Å². The molecule has 5 heteroatoms. The summed E-state index contributed by atoms with van der Waals surface area (Å²) in [5.74, 6) is 0.380. The number of amides is 1. The summed E-state index contributed by atoms with van der Waals surface area (Å²) in [7, 11) is 0. The van der Waals surface area contributed by atoms with Crippen molar-refractivity contribution in [1.29, 1.82) is 0 Å². The Balaban J connectivity index is 1.51. The first-order valence-electron chi connectivity index (χ1n) is 7.77. The van der Waals surface area contributed by atoms with Crippen molar-refractivity contribution in [1.82, 2.24) is 5.43 Å². The number of rotatable bonds is 6. The second-order valence-corrected chi connectivity index (χ2v) is 6.45. The van der Waals surface area contributed by atoms with Crippen LogP contribution in [0, 0.1) is 0 Å². The van der Waals surface area contributed by atoms with Crippen LogP contribution in [0.25, 0.3) is 10.8 Å². The Kier molecular flexibility index (Phi) is 5.23. The van der Waals surface area contributed by atoms with Crippen LogP contribution in [0.5, 0.6) is 5.75 Å². The van der Waals surface area contributed by atoms with Crippen molar-refractivity contribution in [3.8, 4) is 5.75 Å². The number of carbonyl (C=O) groups is 1. The fourth-order valence-electron chi connectivity index (χ4n) is 2.26. The monoisotopic (exact) mass is 338 g/mol. The molecule has 1 aromatic heterocycles. The fraction of sp³-hybridized carbons (Fsp3) is 0.158. The number of nitrogens with zero attached hydrogens (tertiary/aromatic N) is 1. The number of nitrogens with one attached hydrogen (secondary N) is 1. The molecule has 0 spiro atoms. The molecular weight excluding hydrogens is 320 g/mol. The van der Waals surface area contributed by atoms with E-state index in [0.29, 0.717) is 5.75 Å². The predicted octanol–water partition coefficient (Wildman–Crippen LogP) is 3.99. The van der Waals surface area contributed by atoms with Crippen molar-refractivity contribution in [2.24, 2.45) is 5.10 Å². The zero-order valence-electron chi connectivity index (χ0n) is 13.4. The first kappa shape index (κ1) is 16.2. The maximum absolute atomic E-state index is 11.8. The zero-order chi connectivity index (χ0) is 16.8. The average molecular weight is 338 g/mol. The molecule has 0 aliphatic heterocycles. The van der Waals surface area contributed by atoms with Gasteiger partial charge in [-0.2, -0.15) is 5.10 Å². The normalized spacial score (nSPS) is 11.0. The van der Waals surface area contributed by atoms with Gasteiger partial charge in [0.1, 0.15) is 5.75 Å². The van der Waals surface area contributed by atoms with E-state index in [4.69, 9.17) is 4.74 Å². The lowest BCUT2D eigenvalue weighted by Crippen LogP contribution is -2.24. The van der Waals surface area contributed by atoms with E-state index >= 15 is 0 Å². The summed E-state index contributed by atoms with van der Waals surface area (Å²) in [5.41, 5.74) is 2.48. The summed E-state index contributed by atoms with van der Waals surface area (Å²) in [6.45, 7) is 2.04. The minimum absolute atomic E-state index is 0.0691. The van der Waals surface area contributed by atoms with Gasteiger partial charge in [-0.15, -0.1) is 11.3 Å². The van der Waals surface area contributed by atoms with Crippen molar-refractivity contribution in [2.45, 2.75) is 13.3 Å². The Hall–Kier alpha value is -2.66. The van der Waals surface area contributed by atoms with Crippen molar-refractivity contribution in [3.63, 3.8) is 0 Å². The molecule has 3 rings (SSSR count). The van der Waals surface area contributed by atoms with Gasteiger partial charge in [0.15, 0.2) is 6.61 Å². The van der Waals surface area contributed by atoms with E-state index in [9.17, 15) is 4.79 Å². The molecule has 1 heterocycles. The van der Waals surface area contributed by atoms with Gasteiger partial charge < -0.3 is 4.74 Å². The van der Waals surface area contributed by atoms with Gasteiger partial charge in [0.25, 0.3) is 5.91 Å². The van der Waals surface area contributed by atoms with Crippen LogP contribution in [0.2, 0.25) is 0 Å². The molecule has 122 valence electrons. The fourth-order valence-corrected chi connectivity index (χ4v) is 3.08. The third-order valence-corrected chi connectivity index (χ3v) is 4.67. The number of hydrogen-bond donors (Lipinski definition) is 1. The Morgan fingerprint density at radius 1 is 1.17 bits per heavy atom. The molecule has 2 aromatic carbocycles. The number of ether oxygens (including phenoxy) is 1. The molecule has 0 unspecified atom stereocenters. The molecule has 24 heavy (non-hydrogen) atoms. The van der Waals surface area contributed by atoms with Crippen LogP contribution in [-0.2, 0) is 11.2 Å². The largest absolute Gasteiger partial charge is 0.484 e. The summed E-state index contributed by atoms with van der Waals surface area (Å²) in [5, 5.41) is 6.18. The number of benzene rings is 2. The van der Waals surface area contributed by atoms with Gasteiger partial charge in [0.05, 0.1) is 6.21 Å². The highest BCUT2D eigenvalue weighted by Gasteiger charge is 2.02. The summed E-state index contributed by atoms with van der Waals surface area (Å²) in [6.07, 6.45) is 2.65. The van der Waals surface area contributed by atoms with Crippen LogP contribution in [0.1, 0.15) is 16.7 Å². The zero-order valence-corrected chi connectivity index (χ0v) is 14.2. The van der Waals surface area contributed by atoms with E-state index in [-0.39, 0.29) is 12.5 Å². The van der Waals surface area contributed by atoms with Gasteiger partial charge in [0.2, 0.25) is 0 Å². The first-order chi connectivity index (χ1) is 11.7. The summed E-state index contributed by atoms with van der Waals surface area (Å²) < 4.78 is 5.52. The minimum atomic E-state index is -0.285. The Bertz CT molecular complexity index is 870.